The lowest BCUT2D eigenvalue weighted by molar-refractivity contribution is 0.0737. The molecule has 1 amide bonds. The van der Waals surface area contributed by atoms with Gasteiger partial charge in [-0.15, -0.1) is 11.3 Å². The van der Waals surface area contributed by atoms with Crippen molar-refractivity contribution in [3.63, 3.8) is 0 Å². The Hall–Kier alpha value is -3.19. The summed E-state index contributed by atoms with van der Waals surface area (Å²) >= 11 is 1.63. The Kier molecular flexibility index (Phi) is 4.31. The van der Waals surface area contributed by atoms with Gasteiger partial charge in [0.25, 0.3) is 11.5 Å². The minimum absolute atomic E-state index is 0.0333. The molecule has 6 nitrogen and oxygen atoms in total. The van der Waals surface area contributed by atoms with Crippen LogP contribution in [-0.2, 0) is 25.8 Å². The average molecular weight is 431 g/mol. The second-order valence-electron chi connectivity index (χ2n) is 8.31. The van der Waals surface area contributed by atoms with E-state index < -0.39 is 0 Å². The number of nitrogens with one attached hydrogen (secondary N) is 1. The summed E-state index contributed by atoms with van der Waals surface area (Å²) in [5.74, 6) is 0.0333. The number of amides is 1. The number of thiophene rings is 1. The van der Waals surface area contributed by atoms with Crippen molar-refractivity contribution in [1.29, 1.82) is 0 Å². The van der Waals surface area contributed by atoms with Gasteiger partial charge in [0.15, 0.2) is 5.65 Å². The maximum atomic E-state index is 13.2. The largest absolute Gasteiger partial charge is 0.333 e. The summed E-state index contributed by atoms with van der Waals surface area (Å²) in [5, 5.41) is 3.18. The third-order valence-electron chi connectivity index (χ3n) is 6.34. The van der Waals surface area contributed by atoms with Gasteiger partial charge in [-0.3, -0.25) is 14.7 Å². The number of carbonyl (C=O) groups is 1. The van der Waals surface area contributed by atoms with Crippen LogP contribution in [0.1, 0.15) is 44.2 Å². The van der Waals surface area contributed by atoms with E-state index in [2.05, 4.69) is 11.2 Å². The highest BCUT2D eigenvalue weighted by atomic mass is 32.1. The Morgan fingerprint density at radius 2 is 1.90 bits per heavy atom. The van der Waals surface area contributed by atoms with Crippen LogP contribution in [0.2, 0.25) is 0 Å². The molecule has 1 aliphatic carbocycles. The first kappa shape index (κ1) is 18.6. The highest BCUT2D eigenvalue weighted by Crippen LogP contribution is 2.31. The van der Waals surface area contributed by atoms with Crippen LogP contribution in [0.4, 0.5) is 0 Å². The van der Waals surface area contributed by atoms with E-state index in [4.69, 9.17) is 4.98 Å². The second kappa shape index (κ2) is 7.20. The van der Waals surface area contributed by atoms with Crippen LogP contribution >= 0.6 is 11.3 Å². The molecule has 0 bridgehead atoms. The summed E-state index contributed by atoms with van der Waals surface area (Å²) in [6.07, 6.45) is 5.16. The van der Waals surface area contributed by atoms with Gasteiger partial charge < -0.3 is 4.90 Å². The summed E-state index contributed by atoms with van der Waals surface area (Å²) in [7, 11) is 0. The first-order valence-electron chi connectivity index (χ1n) is 10.8. The van der Waals surface area contributed by atoms with E-state index in [1.165, 1.54) is 27.8 Å². The van der Waals surface area contributed by atoms with Gasteiger partial charge in [0.1, 0.15) is 0 Å². The van der Waals surface area contributed by atoms with E-state index in [1.54, 1.807) is 16.2 Å². The molecule has 156 valence electrons. The number of benzene rings is 1. The van der Waals surface area contributed by atoms with Crippen molar-refractivity contribution in [3.05, 3.63) is 79.4 Å². The number of hydrogen-bond acceptors (Lipinski definition) is 4. The van der Waals surface area contributed by atoms with Crippen molar-refractivity contribution < 1.29 is 4.79 Å². The van der Waals surface area contributed by atoms with E-state index in [-0.39, 0.29) is 11.5 Å². The van der Waals surface area contributed by atoms with E-state index in [1.807, 2.05) is 36.4 Å². The average Bonchev–Trinajstić information content (AvgIpc) is 3.44. The maximum Gasteiger partial charge on any atom is 0.277 e. The van der Waals surface area contributed by atoms with Gasteiger partial charge in [-0.25, -0.2) is 9.50 Å². The first-order valence-corrected chi connectivity index (χ1v) is 11.6. The number of rotatable bonds is 2. The lowest BCUT2D eigenvalue weighted by Gasteiger charge is -2.27. The Morgan fingerprint density at radius 1 is 1.06 bits per heavy atom. The highest BCUT2D eigenvalue weighted by molar-refractivity contribution is 7.14. The van der Waals surface area contributed by atoms with Gasteiger partial charge in [0, 0.05) is 23.9 Å². The molecule has 1 aromatic carbocycles. The number of carbonyl (C=O) groups excluding carboxylic acids is 1. The van der Waals surface area contributed by atoms with Crippen molar-refractivity contribution in [1.82, 2.24) is 19.5 Å². The molecule has 3 aromatic heterocycles. The number of fused-ring (bicyclic) bond motifs is 3. The molecule has 4 heterocycles. The minimum Gasteiger partial charge on any atom is -0.333 e. The molecule has 0 saturated carbocycles. The quantitative estimate of drug-likeness (QED) is 0.525. The molecule has 0 spiro atoms. The number of hydrogen-bond donors (Lipinski definition) is 1. The Morgan fingerprint density at radius 3 is 2.74 bits per heavy atom. The number of aromatic nitrogens is 3. The fourth-order valence-electron chi connectivity index (χ4n) is 4.67. The van der Waals surface area contributed by atoms with Gasteiger partial charge in [-0.1, -0.05) is 30.3 Å². The van der Waals surface area contributed by atoms with E-state index in [0.717, 1.165) is 34.7 Å². The standard InChI is InChI=1S/C24H22N4O2S/c29-23-17-14-27(24(30)21-12-16-8-4-5-9-20(16)31-21)11-10-18(17)25-22-13-19(26-28(22)23)15-6-2-1-3-7-15/h1-3,6-7,12-13,26H,4-5,8-11,14H2. The molecule has 1 N–H and O–H groups in total. The molecular formula is C24H22N4O2S. The molecule has 0 saturated heterocycles. The van der Waals surface area contributed by atoms with E-state index in [0.29, 0.717) is 30.7 Å². The number of aromatic amines is 1. The Labute approximate surface area is 183 Å². The summed E-state index contributed by atoms with van der Waals surface area (Å²) < 4.78 is 1.50. The molecule has 7 heteroatoms. The number of nitrogens with zero attached hydrogens (tertiary/aromatic N) is 3. The van der Waals surface area contributed by atoms with E-state index in [9.17, 15) is 9.59 Å². The molecule has 6 rings (SSSR count). The van der Waals surface area contributed by atoms with Crippen LogP contribution in [0, 0.1) is 0 Å². The van der Waals surface area contributed by atoms with Crippen molar-refractivity contribution >= 4 is 22.9 Å². The zero-order valence-electron chi connectivity index (χ0n) is 17.1. The lowest BCUT2D eigenvalue weighted by atomic mass is 9.99. The normalized spacial score (nSPS) is 15.7. The molecule has 0 fully saturated rings. The van der Waals surface area contributed by atoms with Gasteiger partial charge in [-0.05, 0) is 42.9 Å². The fourth-order valence-corrected chi connectivity index (χ4v) is 5.89. The molecule has 4 aromatic rings. The molecular weight excluding hydrogens is 408 g/mol. The number of H-pyrrole nitrogens is 1. The topological polar surface area (TPSA) is 70.5 Å². The third-order valence-corrected chi connectivity index (χ3v) is 7.57. The van der Waals surface area contributed by atoms with E-state index >= 15 is 0 Å². The highest BCUT2D eigenvalue weighted by Gasteiger charge is 2.28. The van der Waals surface area contributed by atoms with Crippen LogP contribution in [0.25, 0.3) is 16.9 Å². The SMILES string of the molecule is O=C(c1cc2c(s1)CCCC2)N1CCc2nc3cc(-c4ccccc4)[nH]n3c(=O)c2C1. The van der Waals surface area contributed by atoms with Gasteiger partial charge in [-0.2, -0.15) is 0 Å². The smallest absolute Gasteiger partial charge is 0.277 e. The molecule has 0 atom stereocenters. The zero-order valence-corrected chi connectivity index (χ0v) is 17.9. The molecule has 0 radical (unpaired) electrons. The molecule has 2 aliphatic rings. The van der Waals surface area contributed by atoms with Crippen LogP contribution in [-0.4, -0.2) is 31.9 Å². The summed E-state index contributed by atoms with van der Waals surface area (Å²) in [6.45, 7) is 0.901. The van der Waals surface area contributed by atoms with Gasteiger partial charge in [0.2, 0.25) is 0 Å². The monoisotopic (exact) mass is 430 g/mol. The van der Waals surface area contributed by atoms with Crippen LogP contribution in [0.5, 0.6) is 0 Å². The van der Waals surface area contributed by atoms with Gasteiger partial charge >= 0.3 is 0 Å². The predicted octanol–water partition coefficient (Wildman–Crippen LogP) is 3.83. The Balaban J connectivity index is 1.33. The summed E-state index contributed by atoms with van der Waals surface area (Å²) in [5.41, 5.74) is 5.10. The van der Waals surface area contributed by atoms with Crippen LogP contribution in [0.3, 0.4) is 0 Å². The van der Waals surface area contributed by atoms with Crippen molar-refractivity contribution in [2.75, 3.05) is 6.54 Å². The fraction of sp³-hybridized carbons (Fsp3) is 0.292. The summed E-state index contributed by atoms with van der Waals surface area (Å²) in [4.78, 5) is 35.1. The van der Waals surface area contributed by atoms with Crippen molar-refractivity contribution in [2.45, 2.75) is 38.6 Å². The zero-order chi connectivity index (χ0) is 20.9. The Bertz CT molecular complexity index is 1340. The molecule has 0 unspecified atom stereocenters. The molecule has 1 aliphatic heterocycles. The minimum atomic E-state index is -0.120. The first-order chi connectivity index (χ1) is 15.2. The number of aryl methyl sites for hydroxylation is 2. The van der Waals surface area contributed by atoms with Crippen LogP contribution in [0.15, 0.2) is 47.3 Å². The maximum absolute atomic E-state index is 13.2. The predicted molar refractivity (Wildman–Crippen MR) is 121 cm³/mol. The van der Waals surface area contributed by atoms with Gasteiger partial charge in [0.05, 0.1) is 28.4 Å². The lowest BCUT2D eigenvalue weighted by Crippen LogP contribution is -2.40. The second-order valence-corrected chi connectivity index (χ2v) is 9.45. The summed E-state index contributed by atoms with van der Waals surface area (Å²) in [6, 6.07) is 13.9. The van der Waals surface area contributed by atoms with Crippen molar-refractivity contribution in [2.24, 2.45) is 0 Å². The van der Waals surface area contributed by atoms with Crippen LogP contribution < -0.4 is 5.56 Å². The third kappa shape index (κ3) is 3.11. The molecule has 31 heavy (non-hydrogen) atoms. The van der Waals surface area contributed by atoms with Crippen molar-refractivity contribution in [3.8, 4) is 11.3 Å².